The minimum Gasteiger partial charge on any atom is -0.349 e. The Balaban J connectivity index is 1.59. The van der Waals surface area contributed by atoms with Crippen molar-refractivity contribution in [2.75, 3.05) is 10.5 Å². The predicted octanol–water partition coefficient (Wildman–Crippen LogP) is 3.28. The van der Waals surface area contributed by atoms with Crippen molar-refractivity contribution in [3.63, 3.8) is 0 Å². The molecule has 0 aliphatic heterocycles. The molecule has 0 atom stereocenters. The van der Waals surface area contributed by atoms with Gasteiger partial charge in [-0.2, -0.15) is 0 Å². The topological polar surface area (TPSA) is 88.2 Å². The number of rotatable bonds is 7. The Morgan fingerprint density at radius 1 is 1.19 bits per heavy atom. The van der Waals surface area contributed by atoms with Gasteiger partial charge in [-0.05, 0) is 62.6 Å². The number of anilines is 1. The molecule has 0 bridgehead atoms. The molecule has 3 rings (SSSR count). The Morgan fingerprint density at radius 2 is 1.92 bits per heavy atom. The van der Waals surface area contributed by atoms with Crippen LogP contribution in [0, 0.1) is 0 Å². The third-order valence-corrected chi connectivity index (χ3v) is 6.43. The lowest BCUT2D eigenvalue weighted by Crippen LogP contribution is -2.39. The number of nitrogens with one attached hydrogen (secondary N) is 2. The second kappa shape index (κ2) is 8.09. The number of benzene rings is 1. The molecule has 1 saturated carbocycles. The standard InChI is InChI=1S/C18H21N3O3S2/c1-2-26(23,24)21-15-7-9-16(10-8-15)25-17-11-6-13(12-19-17)18(22)20-14-4-3-5-14/h6-12,14,21H,2-5H2,1H3,(H,20,22). The Labute approximate surface area is 157 Å². The third kappa shape index (κ3) is 4.98. The van der Waals surface area contributed by atoms with Crippen molar-refractivity contribution in [1.82, 2.24) is 10.3 Å². The molecule has 0 saturated heterocycles. The van der Waals surface area contributed by atoms with Crippen LogP contribution < -0.4 is 10.0 Å². The molecule has 2 N–H and O–H groups in total. The van der Waals surface area contributed by atoms with Crippen LogP contribution >= 0.6 is 11.8 Å². The molecule has 138 valence electrons. The van der Waals surface area contributed by atoms with E-state index in [0.717, 1.165) is 22.8 Å². The summed E-state index contributed by atoms with van der Waals surface area (Å²) >= 11 is 1.45. The molecular weight excluding hydrogens is 370 g/mol. The zero-order chi connectivity index (χ0) is 18.6. The molecule has 8 heteroatoms. The molecule has 0 unspecified atom stereocenters. The molecule has 0 radical (unpaired) electrons. The maximum absolute atomic E-state index is 12.1. The van der Waals surface area contributed by atoms with Gasteiger partial charge in [-0.1, -0.05) is 11.8 Å². The van der Waals surface area contributed by atoms with E-state index in [1.807, 2.05) is 18.2 Å². The number of carbonyl (C=O) groups is 1. The van der Waals surface area contributed by atoms with Gasteiger partial charge in [0.05, 0.1) is 11.3 Å². The molecule has 0 spiro atoms. The van der Waals surface area contributed by atoms with Gasteiger partial charge in [-0.3, -0.25) is 9.52 Å². The number of sulfonamides is 1. The Hall–Kier alpha value is -2.06. The minimum absolute atomic E-state index is 0.0358. The molecular formula is C18H21N3O3S2. The molecule has 1 heterocycles. The lowest BCUT2D eigenvalue weighted by Gasteiger charge is -2.26. The molecule has 1 aliphatic carbocycles. The van der Waals surface area contributed by atoms with Gasteiger partial charge in [-0.15, -0.1) is 0 Å². The fraction of sp³-hybridized carbons (Fsp3) is 0.333. The fourth-order valence-electron chi connectivity index (χ4n) is 2.36. The van der Waals surface area contributed by atoms with Crippen LogP contribution in [0.2, 0.25) is 0 Å². The molecule has 1 amide bonds. The molecule has 1 aromatic heterocycles. The predicted molar refractivity (Wildman–Crippen MR) is 103 cm³/mol. The average molecular weight is 392 g/mol. The maximum Gasteiger partial charge on any atom is 0.253 e. The van der Waals surface area contributed by atoms with Crippen molar-refractivity contribution in [2.24, 2.45) is 0 Å². The van der Waals surface area contributed by atoms with Crippen LogP contribution in [0.3, 0.4) is 0 Å². The Bertz CT molecular complexity index is 862. The minimum atomic E-state index is -3.27. The fourth-order valence-corrected chi connectivity index (χ4v) is 3.75. The number of pyridine rings is 1. The summed E-state index contributed by atoms with van der Waals surface area (Å²) in [7, 11) is -3.27. The second-order valence-corrected chi connectivity index (χ2v) is 9.22. The maximum atomic E-state index is 12.1. The highest BCUT2D eigenvalue weighted by atomic mass is 32.2. The molecule has 1 aliphatic rings. The monoisotopic (exact) mass is 391 g/mol. The number of nitrogens with zero attached hydrogens (tertiary/aromatic N) is 1. The lowest BCUT2D eigenvalue weighted by atomic mass is 9.93. The van der Waals surface area contributed by atoms with Crippen LogP contribution in [0.15, 0.2) is 52.5 Å². The largest absolute Gasteiger partial charge is 0.349 e. The first kappa shape index (κ1) is 18.7. The average Bonchev–Trinajstić information content (AvgIpc) is 2.60. The number of aromatic nitrogens is 1. The van der Waals surface area contributed by atoms with Crippen LogP contribution in [0.1, 0.15) is 36.5 Å². The summed E-state index contributed by atoms with van der Waals surface area (Å²) in [6.45, 7) is 1.59. The summed E-state index contributed by atoms with van der Waals surface area (Å²) in [6, 6.07) is 11.0. The van der Waals surface area contributed by atoms with Gasteiger partial charge < -0.3 is 5.32 Å². The first-order valence-corrected chi connectivity index (χ1v) is 11.0. The summed E-state index contributed by atoms with van der Waals surface area (Å²) in [5.41, 5.74) is 1.10. The van der Waals surface area contributed by atoms with Crippen molar-refractivity contribution < 1.29 is 13.2 Å². The highest BCUT2D eigenvalue weighted by Gasteiger charge is 2.20. The van der Waals surface area contributed by atoms with Crippen molar-refractivity contribution in [2.45, 2.75) is 42.1 Å². The highest BCUT2D eigenvalue weighted by Crippen LogP contribution is 2.27. The van der Waals surface area contributed by atoms with Gasteiger partial charge in [-0.25, -0.2) is 13.4 Å². The molecule has 2 aromatic rings. The normalized spacial score (nSPS) is 14.5. The van der Waals surface area contributed by atoms with E-state index in [-0.39, 0.29) is 11.7 Å². The van der Waals surface area contributed by atoms with Crippen molar-refractivity contribution >= 4 is 33.4 Å². The number of amides is 1. The zero-order valence-corrected chi connectivity index (χ0v) is 16.1. The van der Waals surface area contributed by atoms with E-state index in [9.17, 15) is 13.2 Å². The van der Waals surface area contributed by atoms with E-state index in [2.05, 4.69) is 15.0 Å². The van der Waals surface area contributed by atoms with Crippen molar-refractivity contribution in [3.8, 4) is 0 Å². The molecule has 26 heavy (non-hydrogen) atoms. The van der Waals surface area contributed by atoms with E-state index < -0.39 is 10.0 Å². The Kier molecular flexibility index (Phi) is 5.83. The van der Waals surface area contributed by atoms with E-state index >= 15 is 0 Å². The van der Waals surface area contributed by atoms with Gasteiger partial charge in [0.15, 0.2) is 0 Å². The van der Waals surface area contributed by atoms with Crippen LogP contribution in [0.25, 0.3) is 0 Å². The van der Waals surface area contributed by atoms with Gasteiger partial charge in [0.1, 0.15) is 5.03 Å². The van der Waals surface area contributed by atoms with Crippen LogP contribution in [0.5, 0.6) is 0 Å². The summed E-state index contributed by atoms with van der Waals surface area (Å²) in [4.78, 5) is 17.3. The Morgan fingerprint density at radius 3 is 2.46 bits per heavy atom. The zero-order valence-electron chi connectivity index (χ0n) is 14.4. The molecule has 6 nitrogen and oxygen atoms in total. The first-order chi connectivity index (χ1) is 12.4. The number of hydrogen-bond acceptors (Lipinski definition) is 5. The van der Waals surface area contributed by atoms with Crippen molar-refractivity contribution in [1.29, 1.82) is 0 Å². The summed E-state index contributed by atoms with van der Waals surface area (Å²) in [5, 5.41) is 3.76. The van der Waals surface area contributed by atoms with E-state index in [1.165, 1.54) is 18.2 Å². The van der Waals surface area contributed by atoms with Gasteiger partial charge >= 0.3 is 0 Å². The third-order valence-electron chi connectivity index (χ3n) is 4.17. The van der Waals surface area contributed by atoms with Gasteiger partial charge in [0, 0.05) is 22.8 Å². The van der Waals surface area contributed by atoms with Gasteiger partial charge in [0.25, 0.3) is 5.91 Å². The van der Waals surface area contributed by atoms with Crippen molar-refractivity contribution in [3.05, 3.63) is 48.2 Å². The van der Waals surface area contributed by atoms with Crippen LogP contribution in [-0.2, 0) is 10.0 Å². The first-order valence-electron chi connectivity index (χ1n) is 8.50. The van der Waals surface area contributed by atoms with E-state index in [4.69, 9.17) is 0 Å². The van der Waals surface area contributed by atoms with Crippen LogP contribution in [-0.4, -0.2) is 31.1 Å². The summed E-state index contributed by atoms with van der Waals surface area (Å²) in [5.74, 6) is -0.0417. The molecule has 1 aromatic carbocycles. The second-order valence-electron chi connectivity index (χ2n) is 6.12. The quantitative estimate of drug-likeness (QED) is 0.756. The highest BCUT2D eigenvalue weighted by molar-refractivity contribution is 7.99. The molecule has 1 fully saturated rings. The lowest BCUT2D eigenvalue weighted by molar-refractivity contribution is 0.0916. The SMILES string of the molecule is CCS(=O)(=O)Nc1ccc(Sc2ccc(C(=O)NC3CCC3)cn2)cc1. The number of hydrogen-bond donors (Lipinski definition) is 2. The van der Waals surface area contributed by atoms with E-state index in [1.54, 1.807) is 31.3 Å². The van der Waals surface area contributed by atoms with E-state index in [0.29, 0.717) is 17.3 Å². The number of carbonyl (C=O) groups excluding carboxylic acids is 1. The smallest absolute Gasteiger partial charge is 0.253 e. The van der Waals surface area contributed by atoms with Crippen LogP contribution in [0.4, 0.5) is 5.69 Å². The van der Waals surface area contributed by atoms with Gasteiger partial charge in [0.2, 0.25) is 10.0 Å². The summed E-state index contributed by atoms with van der Waals surface area (Å²) in [6.07, 6.45) is 4.87. The summed E-state index contributed by atoms with van der Waals surface area (Å²) < 4.78 is 25.6.